The van der Waals surface area contributed by atoms with Gasteiger partial charge >= 0.3 is 6.03 Å². The zero-order valence-corrected chi connectivity index (χ0v) is 12.8. The number of anilines is 1. The average molecular weight is 293 g/mol. The maximum Gasteiger partial charge on any atom is 0.319 e. The summed E-state index contributed by atoms with van der Waals surface area (Å²) in [7, 11) is 0. The molecule has 2 rings (SSSR count). The average Bonchev–Trinajstić information content (AvgIpc) is 2.74. The molecule has 1 saturated heterocycles. The Hall–Kier alpha value is -1.20. The highest BCUT2D eigenvalue weighted by Gasteiger charge is 2.12. The van der Waals surface area contributed by atoms with Gasteiger partial charge in [0.25, 0.3) is 0 Å². The van der Waals surface area contributed by atoms with E-state index in [1.807, 2.05) is 30.5 Å². The van der Waals surface area contributed by atoms with E-state index in [0.29, 0.717) is 12.6 Å². The first kappa shape index (κ1) is 15.2. The van der Waals surface area contributed by atoms with Gasteiger partial charge in [-0.1, -0.05) is 12.8 Å². The number of amides is 2. The van der Waals surface area contributed by atoms with Gasteiger partial charge in [0.1, 0.15) is 0 Å². The Balaban J connectivity index is 1.73. The van der Waals surface area contributed by atoms with Crippen LogP contribution in [0.4, 0.5) is 10.5 Å². The minimum atomic E-state index is -0.132. The van der Waals surface area contributed by atoms with Crippen LogP contribution in [0, 0.1) is 0 Å². The summed E-state index contributed by atoms with van der Waals surface area (Å²) in [4.78, 5) is 13.0. The van der Waals surface area contributed by atoms with Crippen molar-refractivity contribution in [2.75, 3.05) is 24.7 Å². The predicted molar refractivity (Wildman–Crippen MR) is 85.5 cm³/mol. The highest BCUT2D eigenvalue weighted by Crippen LogP contribution is 2.17. The van der Waals surface area contributed by atoms with E-state index in [4.69, 9.17) is 0 Å². The first-order valence-corrected chi connectivity index (χ1v) is 8.42. The fourth-order valence-corrected chi connectivity index (χ4v) is 2.75. The number of nitrogens with one attached hydrogen (secondary N) is 3. The molecule has 0 aromatic heterocycles. The number of rotatable bonds is 4. The molecule has 0 unspecified atom stereocenters. The van der Waals surface area contributed by atoms with Crippen LogP contribution in [0.5, 0.6) is 0 Å². The molecule has 0 saturated carbocycles. The summed E-state index contributed by atoms with van der Waals surface area (Å²) in [6.07, 6.45) is 6.96. The molecule has 1 aliphatic rings. The number of urea groups is 1. The number of carbonyl (C=O) groups excluding carboxylic acids is 1. The summed E-state index contributed by atoms with van der Waals surface area (Å²) in [5, 5.41) is 9.27. The number of benzene rings is 1. The van der Waals surface area contributed by atoms with Crippen LogP contribution in [-0.2, 0) is 0 Å². The molecule has 1 fully saturated rings. The molecule has 0 radical (unpaired) electrons. The molecule has 110 valence electrons. The highest BCUT2D eigenvalue weighted by molar-refractivity contribution is 7.98. The minimum absolute atomic E-state index is 0.132. The second-order valence-corrected chi connectivity index (χ2v) is 5.94. The second-order valence-electron chi connectivity index (χ2n) is 5.06. The lowest BCUT2D eigenvalue weighted by Crippen LogP contribution is -2.41. The number of thioether (sulfide) groups is 1. The van der Waals surface area contributed by atoms with Gasteiger partial charge in [-0.25, -0.2) is 4.79 Å². The van der Waals surface area contributed by atoms with Crippen LogP contribution in [0.3, 0.4) is 0 Å². The fourth-order valence-electron chi connectivity index (χ4n) is 2.34. The highest BCUT2D eigenvalue weighted by atomic mass is 32.2. The smallest absolute Gasteiger partial charge is 0.319 e. The molecule has 1 atom stereocenters. The van der Waals surface area contributed by atoms with E-state index in [1.54, 1.807) is 11.8 Å². The molecule has 1 heterocycles. The fraction of sp³-hybridized carbons (Fsp3) is 0.533. The Morgan fingerprint density at radius 1 is 1.30 bits per heavy atom. The third-order valence-corrected chi connectivity index (χ3v) is 4.26. The van der Waals surface area contributed by atoms with Gasteiger partial charge in [0.15, 0.2) is 0 Å². The molecule has 1 aromatic rings. The standard InChI is InChI=1S/C15H23N3OS/c1-20-14-8-6-12(7-9-14)18-15(19)17-11-13-5-3-2-4-10-16-13/h6-9,13,16H,2-5,10-11H2,1H3,(H2,17,18,19)/t13-/m0/s1. The molecule has 0 aliphatic carbocycles. The Morgan fingerprint density at radius 2 is 2.10 bits per heavy atom. The van der Waals surface area contributed by atoms with Gasteiger partial charge in [0.2, 0.25) is 0 Å². The van der Waals surface area contributed by atoms with Crippen LogP contribution in [0.25, 0.3) is 0 Å². The third kappa shape index (κ3) is 5.06. The van der Waals surface area contributed by atoms with Crippen LogP contribution in [0.15, 0.2) is 29.2 Å². The topological polar surface area (TPSA) is 53.2 Å². The largest absolute Gasteiger partial charge is 0.336 e. The molecule has 1 aliphatic heterocycles. The monoisotopic (exact) mass is 293 g/mol. The summed E-state index contributed by atoms with van der Waals surface area (Å²) in [6, 6.07) is 8.14. The molecular weight excluding hydrogens is 270 g/mol. The third-order valence-electron chi connectivity index (χ3n) is 3.52. The lowest BCUT2D eigenvalue weighted by atomic mass is 10.1. The maximum absolute atomic E-state index is 11.8. The van der Waals surface area contributed by atoms with Crippen molar-refractivity contribution in [3.05, 3.63) is 24.3 Å². The quantitative estimate of drug-likeness (QED) is 0.748. The molecular formula is C15H23N3OS. The summed E-state index contributed by atoms with van der Waals surface area (Å²) in [5.74, 6) is 0. The molecule has 4 nitrogen and oxygen atoms in total. The van der Waals surface area contributed by atoms with Crippen LogP contribution in [0.2, 0.25) is 0 Å². The molecule has 5 heteroatoms. The minimum Gasteiger partial charge on any atom is -0.336 e. The van der Waals surface area contributed by atoms with Gasteiger partial charge in [-0.3, -0.25) is 0 Å². The zero-order valence-electron chi connectivity index (χ0n) is 11.9. The van der Waals surface area contributed by atoms with Crippen molar-refractivity contribution in [2.45, 2.75) is 36.6 Å². The van der Waals surface area contributed by atoms with Crippen molar-refractivity contribution in [3.63, 3.8) is 0 Å². The van der Waals surface area contributed by atoms with E-state index in [2.05, 4.69) is 16.0 Å². The lowest BCUT2D eigenvalue weighted by Gasteiger charge is -2.16. The van der Waals surface area contributed by atoms with Crippen molar-refractivity contribution < 1.29 is 4.79 Å². The van der Waals surface area contributed by atoms with E-state index in [0.717, 1.165) is 18.7 Å². The first-order valence-electron chi connectivity index (χ1n) is 7.20. The van der Waals surface area contributed by atoms with Crippen LogP contribution >= 0.6 is 11.8 Å². The van der Waals surface area contributed by atoms with E-state index >= 15 is 0 Å². The predicted octanol–water partition coefficient (Wildman–Crippen LogP) is 3.06. The van der Waals surface area contributed by atoms with E-state index in [9.17, 15) is 4.79 Å². The van der Waals surface area contributed by atoms with Crippen LogP contribution in [0.1, 0.15) is 25.7 Å². The van der Waals surface area contributed by atoms with E-state index in [1.165, 1.54) is 24.2 Å². The van der Waals surface area contributed by atoms with Gasteiger partial charge in [0, 0.05) is 23.2 Å². The Kier molecular flexibility index (Phi) is 6.21. The number of carbonyl (C=O) groups is 1. The van der Waals surface area contributed by atoms with Crippen LogP contribution in [-0.4, -0.2) is 31.4 Å². The van der Waals surface area contributed by atoms with Gasteiger partial charge in [0.05, 0.1) is 0 Å². The lowest BCUT2D eigenvalue weighted by molar-refractivity contribution is 0.250. The van der Waals surface area contributed by atoms with Crippen molar-refractivity contribution in [1.29, 1.82) is 0 Å². The summed E-state index contributed by atoms with van der Waals surface area (Å²) < 4.78 is 0. The number of hydrogen-bond donors (Lipinski definition) is 3. The summed E-state index contributed by atoms with van der Waals surface area (Å²) >= 11 is 1.69. The van der Waals surface area contributed by atoms with Crippen molar-refractivity contribution >= 4 is 23.5 Å². The van der Waals surface area contributed by atoms with Gasteiger partial charge in [-0.05, 0) is 49.9 Å². The summed E-state index contributed by atoms with van der Waals surface area (Å²) in [5.41, 5.74) is 0.828. The maximum atomic E-state index is 11.8. The van der Waals surface area contributed by atoms with Gasteiger partial charge in [-0.15, -0.1) is 11.8 Å². The van der Waals surface area contributed by atoms with E-state index < -0.39 is 0 Å². The van der Waals surface area contributed by atoms with Crippen LogP contribution < -0.4 is 16.0 Å². The Morgan fingerprint density at radius 3 is 2.85 bits per heavy atom. The zero-order chi connectivity index (χ0) is 14.2. The summed E-state index contributed by atoms with van der Waals surface area (Å²) in [6.45, 7) is 1.75. The van der Waals surface area contributed by atoms with Crippen molar-refractivity contribution in [2.24, 2.45) is 0 Å². The molecule has 0 spiro atoms. The number of hydrogen-bond acceptors (Lipinski definition) is 3. The Bertz CT molecular complexity index is 414. The van der Waals surface area contributed by atoms with E-state index in [-0.39, 0.29) is 6.03 Å². The first-order chi connectivity index (χ1) is 9.78. The molecule has 0 bridgehead atoms. The van der Waals surface area contributed by atoms with Gasteiger partial charge in [-0.2, -0.15) is 0 Å². The second kappa shape index (κ2) is 8.17. The normalized spacial score (nSPS) is 19.1. The molecule has 1 aromatic carbocycles. The molecule has 20 heavy (non-hydrogen) atoms. The van der Waals surface area contributed by atoms with Crippen molar-refractivity contribution in [1.82, 2.24) is 10.6 Å². The van der Waals surface area contributed by atoms with Gasteiger partial charge < -0.3 is 16.0 Å². The SMILES string of the molecule is CSc1ccc(NC(=O)NC[C@@H]2CCCCCN2)cc1. The van der Waals surface area contributed by atoms with Crippen molar-refractivity contribution in [3.8, 4) is 0 Å². The molecule has 3 N–H and O–H groups in total. The molecule has 2 amide bonds. The Labute approximate surface area is 125 Å².